The fourth-order valence-corrected chi connectivity index (χ4v) is 3.03. The first-order chi connectivity index (χ1) is 13.4. The van der Waals surface area contributed by atoms with Gasteiger partial charge >= 0.3 is 0 Å². The average molecular weight is 475 g/mol. The maximum atomic E-state index is 15.0. The van der Waals surface area contributed by atoms with Crippen molar-refractivity contribution in [2.24, 2.45) is 0 Å². The Bertz CT molecular complexity index is 1010. The molecule has 3 aromatic rings. The number of hydroxylamine groups is 1. The third-order valence-corrected chi connectivity index (χ3v) is 4.53. The Kier molecular flexibility index (Phi) is 6.47. The summed E-state index contributed by atoms with van der Waals surface area (Å²) in [6, 6.07) is 6.18. The number of halogens is 3. The smallest absolute Gasteiger partial charge is 0.277 e. The lowest BCUT2D eigenvalue weighted by molar-refractivity contribution is -0.0618. The zero-order valence-electron chi connectivity index (χ0n) is 14.1. The van der Waals surface area contributed by atoms with E-state index in [1.165, 1.54) is 6.07 Å². The van der Waals surface area contributed by atoms with Crippen molar-refractivity contribution >= 4 is 55.9 Å². The van der Waals surface area contributed by atoms with Gasteiger partial charge in [0.1, 0.15) is 11.6 Å². The van der Waals surface area contributed by atoms with E-state index in [1.54, 1.807) is 18.2 Å². The number of hydrogen-bond donors (Lipinski definition) is 4. The molecule has 148 valence electrons. The van der Waals surface area contributed by atoms with E-state index in [-0.39, 0.29) is 27.4 Å². The van der Waals surface area contributed by atoms with Crippen LogP contribution in [-0.4, -0.2) is 40.4 Å². The number of hydrogen-bond acceptors (Lipinski definition) is 7. The largest absolute Gasteiger partial charge is 0.443 e. The molecule has 28 heavy (non-hydrogen) atoms. The summed E-state index contributed by atoms with van der Waals surface area (Å²) in [7, 11) is 0. The fourth-order valence-electron chi connectivity index (χ4n) is 2.31. The van der Waals surface area contributed by atoms with Gasteiger partial charge < -0.3 is 19.9 Å². The van der Waals surface area contributed by atoms with Crippen molar-refractivity contribution in [2.45, 2.75) is 6.10 Å². The maximum Gasteiger partial charge on any atom is 0.277 e. The van der Waals surface area contributed by atoms with E-state index in [0.29, 0.717) is 5.69 Å². The van der Waals surface area contributed by atoms with Gasteiger partial charge in [0.25, 0.3) is 5.91 Å². The zero-order chi connectivity index (χ0) is 20.3. The van der Waals surface area contributed by atoms with Gasteiger partial charge in [-0.25, -0.2) is 14.9 Å². The molecule has 3 rings (SSSR count). The Morgan fingerprint density at radius 1 is 1.36 bits per heavy atom. The molecule has 0 aliphatic carbocycles. The lowest BCUT2D eigenvalue weighted by Gasteiger charge is -2.16. The molecule has 1 aromatic heterocycles. The standard InChI is InChI=1S/C17H14BrClFN3O5/c18-8-1-2-12(11(19)3-8)22-15-10(17(26)23-28-9(5-24)6-25)4-13-16(14(15)20)21-7-27-13/h1-4,7,9,22,24-25H,5-6H2,(H,23,26). The summed E-state index contributed by atoms with van der Waals surface area (Å²) >= 11 is 9.45. The molecular weight excluding hydrogens is 461 g/mol. The molecule has 8 nitrogen and oxygen atoms in total. The van der Waals surface area contributed by atoms with Crippen molar-refractivity contribution < 1.29 is 28.7 Å². The molecule has 0 atom stereocenters. The van der Waals surface area contributed by atoms with Gasteiger partial charge in [-0.1, -0.05) is 27.5 Å². The van der Waals surface area contributed by atoms with Crippen LogP contribution in [0.4, 0.5) is 15.8 Å². The lowest BCUT2D eigenvalue weighted by atomic mass is 10.1. The van der Waals surface area contributed by atoms with E-state index in [0.717, 1.165) is 10.9 Å². The molecule has 0 unspecified atom stereocenters. The van der Waals surface area contributed by atoms with Crippen LogP contribution in [0.1, 0.15) is 10.4 Å². The van der Waals surface area contributed by atoms with Crippen LogP contribution in [0, 0.1) is 5.82 Å². The van der Waals surface area contributed by atoms with E-state index < -0.39 is 31.0 Å². The van der Waals surface area contributed by atoms with Gasteiger partial charge in [0.15, 0.2) is 17.8 Å². The number of aliphatic hydroxyl groups is 2. The summed E-state index contributed by atoms with van der Waals surface area (Å²) < 4.78 is 20.8. The molecule has 1 amide bonds. The van der Waals surface area contributed by atoms with Crippen LogP contribution < -0.4 is 10.8 Å². The highest BCUT2D eigenvalue weighted by atomic mass is 79.9. The quantitative estimate of drug-likeness (QED) is 0.389. The molecule has 4 N–H and O–H groups in total. The van der Waals surface area contributed by atoms with Gasteiger partial charge in [-0.15, -0.1) is 0 Å². The van der Waals surface area contributed by atoms with Crippen molar-refractivity contribution in [3.8, 4) is 0 Å². The second-order valence-electron chi connectivity index (χ2n) is 5.60. The van der Waals surface area contributed by atoms with Crippen LogP contribution in [0.2, 0.25) is 5.02 Å². The number of benzene rings is 2. The summed E-state index contributed by atoms with van der Waals surface area (Å²) in [5, 5.41) is 21.1. The fraction of sp³-hybridized carbons (Fsp3) is 0.176. The van der Waals surface area contributed by atoms with E-state index in [1.807, 2.05) is 0 Å². The number of aromatic nitrogens is 1. The summed E-state index contributed by atoms with van der Waals surface area (Å²) in [5.74, 6) is -1.66. The number of oxazole rings is 1. The molecule has 0 radical (unpaired) electrons. The highest BCUT2D eigenvalue weighted by Gasteiger charge is 2.23. The van der Waals surface area contributed by atoms with E-state index in [9.17, 15) is 4.79 Å². The molecule has 0 fully saturated rings. The number of amides is 1. The highest BCUT2D eigenvalue weighted by Crippen LogP contribution is 2.34. The zero-order valence-corrected chi connectivity index (χ0v) is 16.4. The topological polar surface area (TPSA) is 117 Å². The Morgan fingerprint density at radius 3 is 2.79 bits per heavy atom. The first-order valence-corrected chi connectivity index (χ1v) is 9.07. The summed E-state index contributed by atoms with van der Waals surface area (Å²) in [6.45, 7) is -1.04. The predicted octanol–water partition coefficient (Wildman–Crippen LogP) is 3.14. The summed E-state index contributed by atoms with van der Waals surface area (Å²) in [6.07, 6.45) is 0.0238. The van der Waals surface area contributed by atoms with Gasteiger partial charge in [-0.3, -0.25) is 9.63 Å². The van der Waals surface area contributed by atoms with Gasteiger partial charge in [0.2, 0.25) is 0 Å². The summed E-state index contributed by atoms with van der Waals surface area (Å²) in [4.78, 5) is 21.3. The number of fused-ring (bicyclic) bond motifs is 1. The molecule has 0 saturated carbocycles. The van der Waals surface area contributed by atoms with Crippen LogP contribution >= 0.6 is 27.5 Å². The minimum atomic E-state index is -1.03. The number of nitrogens with zero attached hydrogens (tertiary/aromatic N) is 1. The van der Waals surface area contributed by atoms with Crippen LogP contribution in [0.3, 0.4) is 0 Å². The molecule has 0 aliphatic heterocycles. The molecule has 1 heterocycles. The van der Waals surface area contributed by atoms with Gasteiger partial charge in [0, 0.05) is 4.47 Å². The van der Waals surface area contributed by atoms with Crippen molar-refractivity contribution in [2.75, 3.05) is 18.5 Å². The van der Waals surface area contributed by atoms with Crippen molar-refractivity contribution in [1.29, 1.82) is 0 Å². The highest BCUT2D eigenvalue weighted by molar-refractivity contribution is 9.10. The van der Waals surface area contributed by atoms with Crippen LogP contribution in [0.25, 0.3) is 11.1 Å². The number of nitrogens with one attached hydrogen (secondary N) is 2. The van der Waals surface area contributed by atoms with E-state index in [4.69, 9.17) is 31.1 Å². The van der Waals surface area contributed by atoms with Crippen molar-refractivity contribution in [1.82, 2.24) is 10.5 Å². The number of rotatable bonds is 7. The Labute approximate surface area is 171 Å². The Hall–Kier alpha value is -2.24. The SMILES string of the molecule is O=C(NOC(CO)CO)c1cc2ocnc2c(F)c1Nc1ccc(Br)cc1Cl. The minimum Gasteiger partial charge on any atom is -0.443 e. The molecule has 0 saturated heterocycles. The number of aliphatic hydroxyl groups excluding tert-OH is 2. The number of carbonyl (C=O) groups excluding carboxylic acids is 1. The Balaban J connectivity index is 2.00. The van der Waals surface area contributed by atoms with Gasteiger partial charge in [0.05, 0.1) is 35.2 Å². The van der Waals surface area contributed by atoms with Gasteiger partial charge in [-0.05, 0) is 24.3 Å². The molecule has 0 aliphatic rings. The third-order valence-electron chi connectivity index (χ3n) is 3.73. The molecule has 2 aromatic carbocycles. The normalized spacial score (nSPS) is 11.2. The molecule has 0 bridgehead atoms. The van der Waals surface area contributed by atoms with Crippen molar-refractivity contribution in [3.63, 3.8) is 0 Å². The van der Waals surface area contributed by atoms with Crippen LogP contribution in [-0.2, 0) is 4.84 Å². The first-order valence-electron chi connectivity index (χ1n) is 7.90. The van der Waals surface area contributed by atoms with Gasteiger partial charge in [-0.2, -0.15) is 0 Å². The second kappa shape index (κ2) is 8.84. The number of carbonyl (C=O) groups is 1. The number of anilines is 2. The van der Waals surface area contributed by atoms with Crippen LogP contribution in [0.15, 0.2) is 39.5 Å². The minimum absolute atomic E-state index is 0.0518. The average Bonchev–Trinajstić information content (AvgIpc) is 3.15. The summed E-state index contributed by atoms with van der Waals surface area (Å²) in [5.41, 5.74) is 2.04. The molecular formula is C17H14BrClFN3O5. The van der Waals surface area contributed by atoms with E-state index >= 15 is 4.39 Å². The molecule has 0 spiro atoms. The van der Waals surface area contributed by atoms with Crippen LogP contribution in [0.5, 0.6) is 0 Å². The first kappa shape index (κ1) is 20.5. The Morgan fingerprint density at radius 2 is 2.11 bits per heavy atom. The lowest BCUT2D eigenvalue weighted by Crippen LogP contribution is -2.34. The second-order valence-corrected chi connectivity index (χ2v) is 6.92. The molecule has 11 heteroatoms. The monoisotopic (exact) mass is 473 g/mol. The maximum absolute atomic E-state index is 15.0. The third kappa shape index (κ3) is 4.26. The predicted molar refractivity (Wildman–Crippen MR) is 103 cm³/mol. The van der Waals surface area contributed by atoms with E-state index in [2.05, 4.69) is 31.7 Å². The van der Waals surface area contributed by atoms with Crippen molar-refractivity contribution in [3.05, 3.63) is 51.5 Å².